The average molecular weight is 390 g/mol. The van der Waals surface area contributed by atoms with Crippen molar-refractivity contribution < 1.29 is 19.1 Å². The van der Waals surface area contributed by atoms with E-state index >= 15 is 0 Å². The molecule has 0 radical (unpaired) electrons. The number of aryl methyl sites for hydroxylation is 1. The zero-order chi connectivity index (χ0) is 19.8. The minimum atomic E-state index is -0.870. The number of ether oxygens (including phenoxy) is 2. The van der Waals surface area contributed by atoms with Gasteiger partial charge in [0.25, 0.3) is 0 Å². The van der Waals surface area contributed by atoms with E-state index in [9.17, 15) is 9.59 Å². The van der Waals surface area contributed by atoms with E-state index in [1.807, 2.05) is 31.2 Å². The van der Waals surface area contributed by atoms with Crippen LogP contribution in [0, 0.1) is 6.92 Å². The normalized spacial score (nSPS) is 10.5. The third kappa shape index (κ3) is 5.72. The summed E-state index contributed by atoms with van der Waals surface area (Å²) in [6.45, 7) is 2.36. The van der Waals surface area contributed by atoms with E-state index in [0.717, 1.165) is 5.56 Å². The minimum absolute atomic E-state index is 0.334. The maximum absolute atomic E-state index is 11.3. The maximum Gasteiger partial charge on any atom is 0.329 e. The molecule has 0 fully saturated rings. The van der Waals surface area contributed by atoms with Crippen molar-refractivity contribution in [3.8, 4) is 11.5 Å². The summed E-state index contributed by atoms with van der Waals surface area (Å²) in [5.74, 6) is -0.826. The summed E-state index contributed by atoms with van der Waals surface area (Å²) >= 11 is 6.30. The van der Waals surface area contributed by atoms with Gasteiger partial charge in [0, 0.05) is 7.05 Å². The number of hydrogen-bond donors (Lipinski definition) is 2. The smallest absolute Gasteiger partial charge is 0.329 e. The van der Waals surface area contributed by atoms with Crippen LogP contribution in [0.25, 0.3) is 0 Å². The number of nitrogens with one attached hydrogen (secondary N) is 2. The molecule has 27 heavy (non-hydrogen) atoms. The summed E-state index contributed by atoms with van der Waals surface area (Å²) in [6.07, 6.45) is 1.35. The first-order chi connectivity index (χ1) is 12.9. The Kier molecular flexibility index (Phi) is 7.19. The number of nitrogens with zero attached hydrogens (tertiary/aromatic N) is 1. The van der Waals surface area contributed by atoms with E-state index < -0.39 is 11.8 Å². The first-order valence-corrected chi connectivity index (χ1v) is 8.43. The molecule has 142 valence electrons. The first kappa shape index (κ1) is 20.3. The largest absolute Gasteiger partial charge is 0.493 e. The third-order valence-corrected chi connectivity index (χ3v) is 3.85. The number of methoxy groups -OCH3 is 1. The fraction of sp³-hybridized carbons (Fsp3) is 0.211. The highest BCUT2D eigenvalue weighted by Gasteiger charge is 2.13. The molecular formula is C19H20ClN3O4. The number of rotatable bonds is 6. The van der Waals surface area contributed by atoms with Crippen molar-refractivity contribution in [3.63, 3.8) is 0 Å². The monoisotopic (exact) mass is 389 g/mol. The Balaban J connectivity index is 2.10. The Morgan fingerprint density at radius 2 is 1.89 bits per heavy atom. The molecule has 2 amide bonds. The van der Waals surface area contributed by atoms with Crippen molar-refractivity contribution >= 4 is 29.6 Å². The Labute approximate surface area is 162 Å². The lowest BCUT2D eigenvalue weighted by atomic mass is 10.1. The molecule has 2 aromatic carbocycles. The van der Waals surface area contributed by atoms with Crippen LogP contribution in [0.2, 0.25) is 5.02 Å². The lowest BCUT2D eigenvalue weighted by molar-refractivity contribution is -0.138. The van der Waals surface area contributed by atoms with Gasteiger partial charge in [0.05, 0.1) is 18.3 Å². The van der Waals surface area contributed by atoms with Gasteiger partial charge < -0.3 is 14.8 Å². The molecule has 0 saturated carbocycles. The van der Waals surface area contributed by atoms with Crippen LogP contribution in [-0.4, -0.2) is 32.2 Å². The molecule has 0 bridgehead atoms. The molecule has 0 saturated heterocycles. The number of hydrazone groups is 1. The van der Waals surface area contributed by atoms with Gasteiger partial charge in [-0.15, -0.1) is 0 Å². The summed E-state index contributed by atoms with van der Waals surface area (Å²) < 4.78 is 11.1. The van der Waals surface area contributed by atoms with Gasteiger partial charge in [-0.25, -0.2) is 5.43 Å². The van der Waals surface area contributed by atoms with Gasteiger partial charge >= 0.3 is 11.8 Å². The summed E-state index contributed by atoms with van der Waals surface area (Å²) in [6, 6.07) is 11.2. The number of halogens is 1. The molecule has 0 unspecified atom stereocenters. The van der Waals surface area contributed by atoms with Gasteiger partial charge in [-0.05, 0) is 30.2 Å². The van der Waals surface area contributed by atoms with Crippen LogP contribution < -0.4 is 20.2 Å². The molecule has 2 aromatic rings. The van der Waals surface area contributed by atoms with Crippen LogP contribution >= 0.6 is 11.6 Å². The zero-order valence-corrected chi connectivity index (χ0v) is 16.0. The lowest BCUT2D eigenvalue weighted by Crippen LogP contribution is -2.35. The molecule has 0 spiro atoms. The van der Waals surface area contributed by atoms with Crippen molar-refractivity contribution in [1.29, 1.82) is 0 Å². The Morgan fingerprint density at radius 1 is 1.19 bits per heavy atom. The Bertz CT molecular complexity index is 851. The second-order valence-electron chi connectivity index (χ2n) is 5.59. The van der Waals surface area contributed by atoms with E-state index in [2.05, 4.69) is 15.8 Å². The first-order valence-electron chi connectivity index (χ1n) is 8.05. The summed E-state index contributed by atoms with van der Waals surface area (Å²) in [4.78, 5) is 22.4. The molecule has 0 aliphatic carbocycles. The van der Waals surface area contributed by atoms with Crippen molar-refractivity contribution in [2.24, 2.45) is 5.10 Å². The second-order valence-corrected chi connectivity index (χ2v) is 5.99. The van der Waals surface area contributed by atoms with Crippen LogP contribution in [0.1, 0.15) is 16.7 Å². The van der Waals surface area contributed by atoms with E-state index in [-0.39, 0.29) is 0 Å². The van der Waals surface area contributed by atoms with E-state index in [4.69, 9.17) is 21.1 Å². The fourth-order valence-electron chi connectivity index (χ4n) is 2.12. The topological polar surface area (TPSA) is 89.0 Å². The van der Waals surface area contributed by atoms with Gasteiger partial charge in [-0.2, -0.15) is 5.10 Å². The van der Waals surface area contributed by atoms with E-state index in [1.165, 1.54) is 25.9 Å². The highest BCUT2D eigenvalue weighted by atomic mass is 35.5. The van der Waals surface area contributed by atoms with Crippen molar-refractivity contribution in [3.05, 3.63) is 58.1 Å². The zero-order valence-electron chi connectivity index (χ0n) is 15.2. The summed E-state index contributed by atoms with van der Waals surface area (Å²) in [5, 5.41) is 6.25. The van der Waals surface area contributed by atoms with Crippen LogP contribution in [-0.2, 0) is 16.2 Å². The molecule has 2 rings (SSSR count). The summed E-state index contributed by atoms with van der Waals surface area (Å²) in [5.41, 5.74) is 4.84. The molecule has 0 heterocycles. The van der Waals surface area contributed by atoms with Crippen molar-refractivity contribution in [2.45, 2.75) is 13.5 Å². The molecule has 0 atom stereocenters. The predicted octanol–water partition coefficient (Wildman–Crippen LogP) is 2.43. The van der Waals surface area contributed by atoms with Crippen LogP contribution in [0.3, 0.4) is 0 Å². The Morgan fingerprint density at radius 3 is 2.52 bits per heavy atom. The van der Waals surface area contributed by atoms with Gasteiger partial charge in [-0.1, -0.05) is 41.4 Å². The lowest BCUT2D eigenvalue weighted by Gasteiger charge is -2.13. The van der Waals surface area contributed by atoms with Crippen molar-refractivity contribution in [2.75, 3.05) is 14.2 Å². The van der Waals surface area contributed by atoms with Crippen LogP contribution in [0.5, 0.6) is 11.5 Å². The number of benzene rings is 2. The molecule has 0 aliphatic rings. The standard InChI is InChI=1S/C19H20ClN3O4/c1-12-4-6-13(7-5-12)11-27-17-15(20)8-14(9-16(17)26-3)10-22-23-19(25)18(24)21-2/h4-10H,11H2,1-3H3,(H,21,24)(H,23,25)/b22-10-. The van der Waals surface area contributed by atoms with E-state index in [1.54, 1.807) is 12.1 Å². The molecule has 8 heteroatoms. The maximum atomic E-state index is 11.3. The number of amides is 2. The van der Waals surface area contributed by atoms with Crippen molar-refractivity contribution in [1.82, 2.24) is 10.7 Å². The predicted molar refractivity (Wildman–Crippen MR) is 103 cm³/mol. The number of carbonyl (C=O) groups is 2. The van der Waals surface area contributed by atoms with Gasteiger partial charge in [0.15, 0.2) is 11.5 Å². The van der Waals surface area contributed by atoms with Gasteiger partial charge in [0.2, 0.25) is 0 Å². The highest BCUT2D eigenvalue weighted by molar-refractivity contribution is 6.35. The quantitative estimate of drug-likeness (QED) is 0.451. The van der Waals surface area contributed by atoms with Crippen LogP contribution in [0.4, 0.5) is 0 Å². The molecule has 2 N–H and O–H groups in total. The van der Waals surface area contributed by atoms with Crippen LogP contribution in [0.15, 0.2) is 41.5 Å². The highest BCUT2D eigenvalue weighted by Crippen LogP contribution is 2.36. The molecule has 0 aliphatic heterocycles. The minimum Gasteiger partial charge on any atom is -0.493 e. The average Bonchev–Trinajstić information content (AvgIpc) is 2.67. The number of hydrogen-bond acceptors (Lipinski definition) is 5. The Hall–Kier alpha value is -3.06. The third-order valence-electron chi connectivity index (χ3n) is 3.57. The summed E-state index contributed by atoms with van der Waals surface area (Å²) in [7, 11) is 2.85. The van der Waals surface area contributed by atoms with E-state index in [0.29, 0.717) is 28.7 Å². The molecule has 7 nitrogen and oxygen atoms in total. The number of likely N-dealkylation sites (N-methyl/N-ethyl adjacent to an activating group) is 1. The second kappa shape index (κ2) is 9.59. The number of carbonyl (C=O) groups excluding carboxylic acids is 2. The van der Waals surface area contributed by atoms with Gasteiger partial charge in [-0.3, -0.25) is 9.59 Å². The fourth-order valence-corrected chi connectivity index (χ4v) is 2.40. The molecular weight excluding hydrogens is 370 g/mol. The van der Waals surface area contributed by atoms with Gasteiger partial charge in [0.1, 0.15) is 6.61 Å². The SMILES string of the molecule is CNC(=O)C(=O)N/N=C\c1cc(Cl)c(OCc2ccc(C)cc2)c(OC)c1. The molecule has 0 aromatic heterocycles.